The van der Waals surface area contributed by atoms with Crippen molar-refractivity contribution < 1.29 is 33.0 Å². The number of urea groups is 1. The maximum Gasteiger partial charge on any atom is 0.325 e. The topological polar surface area (TPSA) is 114 Å². The maximum atomic E-state index is 14.4. The highest BCUT2D eigenvalue weighted by Gasteiger charge is 2.50. The minimum atomic E-state index is -1.43. The molecule has 2 heterocycles. The van der Waals surface area contributed by atoms with Crippen LogP contribution in [0, 0.1) is 5.82 Å². The molecular weight excluding hydrogens is 433 g/mol. The normalized spacial score (nSPS) is 19.7. The summed E-state index contributed by atoms with van der Waals surface area (Å²) in [6, 6.07) is 7.75. The third kappa shape index (κ3) is 4.23. The molecule has 33 heavy (non-hydrogen) atoms. The number of ether oxygens (including phenoxy) is 2. The average molecular weight is 455 g/mol. The Morgan fingerprint density at radius 3 is 2.55 bits per heavy atom. The summed E-state index contributed by atoms with van der Waals surface area (Å²) in [4.78, 5) is 50.3. The monoisotopic (exact) mass is 455 g/mol. The molecule has 0 unspecified atom stereocenters. The van der Waals surface area contributed by atoms with Crippen molar-refractivity contribution in [3.05, 3.63) is 53.3 Å². The summed E-state index contributed by atoms with van der Waals surface area (Å²) >= 11 is 0. The number of nitrogens with zero attached hydrogens (tertiary/aromatic N) is 1. The van der Waals surface area contributed by atoms with E-state index in [1.54, 1.807) is 18.2 Å². The summed E-state index contributed by atoms with van der Waals surface area (Å²) in [5, 5.41) is 5.03. The van der Waals surface area contributed by atoms with E-state index >= 15 is 0 Å². The first-order chi connectivity index (χ1) is 15.7. The average Bonchev–Trinajstić information content (AvgIpc) is 2.92. The number of nitrogens with one attached hydrogen (secondary N) is 2. The van der Waals surface area contributed by atoms with E-state index in [4.69, 9.17) is 9.47 Å². The minimum absolute atomic E-state index is 0.188. The fraction of sp³-hybridized carbons (Fsp3) is 0.304. The van der Waals surface area contributed by atoms with Gasteiger partial charge >= 0.3 is 6.03 Å². The number of hydrogen-bond acceptors (Lipinski definition) is 6. The predicted molar refractivity (Wildman–Crippen MR) is 115 cm³/mol. The number of imide groups is 1. The molecule has 2 aliphatic heterocycles. The number of amides is 4. The van der Waals surface area contributed by atoms with Crippen LogP contribution in [-0.4, -0.2) is 48.3 Å². The van der Waals surface area contributed by atoms with Gasteiger partial charge in [-0.25, -0.2) is 9.18 Å². The molecule has 2 aliphatic rings. The van der Waals surface area contributed by atoms with E-state index in [-0.39, 0.29) is 17.2 Å². The maximum absolute atomic E-state index is 14.4. The number of fused-ring (bicyclic) bond motifs is 1. The molecule has 9 nitrogen and oxygen atoms in total. The molecule has 0 aromatic heterocycles. The van der Waals surface area contributed by atoms with Crippen molar-refractivity contribution in [3.63, 3.8) is 0 Å². The molecule has 172 valence electrons. The van der Waals surface area contributed by atoms with E-state index in [0.29, 0.717) is 30.3 Å². The molecular formula is C23H22FN3O6. The van der Waals surface area contributed by atoms with Gasteiger partial charge in [0.2, 0.25) is 5.91 Å². The lowest BCUT2D eigenvalue weighted by Gasteiger charge is -2.23. The summed E-state index contributed by atoms with van der Waals surface area (Å²) in [5.74, 6) is -1.66. The Labute approximate surface area is 188 Å². The number of carbonyl (C=O) groups excluding carboxylic acids is 4. The zero-order valence-corrected chi connectivity index (χ0v) is 18.1. The van der Waals surface area contributed by atoms with Crippen molar-refractivity contribution >= 4 is 29.3 Å². The van der Waals surface area contributed by atoms with Crippen molar-refractivity contribution in [2.45, 2.75) is 25.8 Å². The van der Waals surface area contributed by atoms with Crippen LogP contribution >= 0.6 is 0 Å². The quantitative estimate of drug-likeness (QED) is 0.529. The predicted octanol–water partition coefficient (Wildman–Crippen LogP) is 2.60. The van der Waals surface area contributed by atoms with Gasteiger partial charge in [-0.05, 0) is 42.8 Å². The number of ketones is 1. The Balaban J connectivity index is 1.54. The first-order valence-corrected chi connectivity index (χ1v) is 10.3. The first-order valence-electron chi connectivity index (χ1n) is 10.3. The lowest BCUT2D eigenvalue weighted by Crippen LogP contribution is -2.41. The highest BCUT2D eigenvalue weighted by atomic mass is 19.1. The first kappa shape index (κ1) is 22.3. The molecule has 2 aromatic carbocycles. The Morgan fingerprint density at radius 1 is 1.12 bits per heavy atom. The van der Waals surface area contributed by atoms with Gasteiger partial charge in [0, 0.05) is 19.0 Å². The van der Waals surface area contributed by atoms with E-state index in [9.17, 15) is 23.6 Å². The number of Topliss-reactive ketones (excluding diaryl/α,β-unsaturated/α-hetero) is 1. The fourth-order valence-electron chi connectivity index (χ4n) is 3.76. The van der Waals surface area contributed by atoms with Gasteiger partial charge in [-0.2, -0.15) is 0 Å². The minimum Gasteiger partial charge on any atom is -0.490 e. The van der Waals surface area contributed by atoms with Gasteiger partial charge in [0.1, 0.15) is 11.4 Å². The molecule has 2 N–H and O–H groups in total. The summed E-state index contributed by atoms with van der Waals surface area (Å²) in [7, 11) is 0. The second-order valence-corrected chi connectivity index (χ2v) is 7.96. The molecule has 0 bridgehead atoms. The molecule has 0 saturated carbocycles. The van der Waals surface area contributed by atoms with Crippen LogP contribution in [0.1, 0.15) is 36.2 Å². The summed E-state index contributed by atoms with van der Waals surface area (Å²) in [6.07, 6.45) is 0.717. The number of halogens is 1. The van der Waals surface area contributed by atoms with Gasteiger partial charge in [0.05, 0.1) is 25.3 Å². The fourth-order valence-corrected chi connectivity index (χ4v) is 3.76. The van der Waals surface area contributed by atoms with Gasteiger partial charge in [0.15, 0.2) is 17.3 Å². The molecule has 0 spiro atoms. The Kier molecular flexibility index (Phi) is 5.75. The number of carbonyl (C=O) groups is 4. The van der Waals surface area contributed by atoms with Gasteiger partial charge in [-0.1, -0.05) is 6.07 Å². The molecule has 0 aliphatic carbocycles. The van der Waals surface area contributed by atoms with Crippen molar-refractivity contribution in [3.8, 4) is 11.5 Å². The van der Waals surface area contributed by atoms with Crippen LogP contribution in [0.3, 0.4) is 0 Å². The molecule has 2 aromatic rings. The van der Waals surface area contributed by atoms with Crippen LogP contribution in [0.2, 0.25) is 0 Å². The smallest absolute Gasteiger partial charge is 0.325 e. The van der Waals surface area contributed by atoms with E-state index in [1.165, 1.54) is 26.0 Å². The number of hydrogen-bond donors (Lipinski definition) is 2. The lowest BCUT2D eigenvalue weighted by atomic mass is 9.91. The molecule has 1 fully saturated rings. The van der Waals surface area contributed by atoms with Crippen molar-refractivity contribution in [1.29, 1.82) is 0 Å². The lowest BCUT2D eigenvalue weighted by molar-refractivity contribution is -0.130. The van der Waals surface area contributed by atoms with Crippen LogP contribution in [0.15, 0.2) is 36.4 Å². The van der Waals surface area contributed by atoms with Crippen LogP contribution in [0.4, 0.5) is 14.9 Å². The van der Waals surface area contributed by atoms with Crippen molar-refractivity contribution in [1.82, 2.24) is 10.2 Å². The second kappa shape index (κ2) is 8.53. The van der Waals surface area contributed by atoms with Crippen molar-refractivity contribution in [2.75, 3.05) is 25.1 Å². The molecule has 1 atom stereocenters. The van der Waals surface area contributed by atoms with Crippen LogP contribution < -0.4 is 20.1 Å². The van der Waals surface area contributed by atoms with Crippen molar-refractivity contribution in [2.24, 2.45) is 0 Å². The van der Waals surface area contributed by atoms with Gasteiger partial charge in [-0.15, -0.1) is 0 Å². The van der Waals surface area contributed by atoms with E-state index in [2.05, 4.69) is 10.6 Å². The zero-order chi connectivity index (χ0) is 23.8. The molecule has 10 heteroatoms. The molecule has 1 saturated heterocycles. The number of anilines is 1. The largest absolute Gasteiger partial charge is 0.490 e. The Bertz CT molecular complexity index is 1170. The highest BCUT2D eigenvalue weighted by Crippen LogP contribution is 2.36. The standard InChI is InChI=1S/C23H22FN3O6/c1-13(28)25-15-5-6-16(17(24)11-15)18(29)12-27-21(30)23(2,26-22(27)31)14-4-7-19-20(10-14)33-9-3-8-32-19/h4-7,10-11H,3,8-9,12H2,1-2H3,(H,25,28)(H,26,31)/t23-/m0/s1. The SMILES string of the molecule is CC(=O)Nc1ccc(C(=O)CN2C(=O)N[C@@](C)(c3ccc4c(c3)OCCCO4)C2=O)c(F)c1. The van der Waals surface area contributed by atoms with Gasteiger partial charge < -0.3 is 20.1 Å². The highest BCUT2D eigenvalue weighted by molar-refractivity contribution is 6.11. The van der Waals surface area contributed by atoms with Gasteiger partial charge in [0.25, 0.3) is 5.91 Å². The van der Waals surface area contributed by atoms with Crippen LogP contribution in [-0.2, 0) is 15.1 Å². The molecule has 4 rings (SSSR count). The Morgan fingerprint density at radius 2 is 1.85 bits per heavy atom. The third-order valence-electron chi connectivity index (χ3n) is 5.49. The summed E-state index contributed by atoms with van der Waals surface area (Å²) in [5.41, 5.74) is -1.08. The van der Waals surface area contributed by atoms with Gasteiger partial charge in [-0.3, -0.25) is 19.3 Å². The number of benzene rings is 2. The van der Waals surface area contributed by atoms with E-state index in [0.717, 1.165) is 17.4 Å². The number of rotatable bonds is 5. The second-order valence-electron chi connectivity index (χ2n) is 7.96. The van der Waals surface area contributed by atoms with Crippen LogP contribution in [0.5, 0.6) is 11.5 Å². The Hall–Kier alpha value is -3.95. The molecule has 0 radical (unpaired) electrons. The van der Waals surface area contributed by atoms with E-state index < -0.39 is 35.6 Å². The summed E-state index contributed by atoms with van der Waals surface area (Å²) in [6.45, 7) is 3.13. The zero-order valence-electron chi connectivity index (χ0n) is 18.1. The molecule has 4 amide bonds. The van der Waals surface area contributed by atoms with E-state index in [1.807, 2.05) is 0 Å². The summed E-state index contributed by atoms with van der Waals surface area (Å²) < 4.78 is 25.7. The third-order valence-corrected chi connectivity index (χ3v) is 5.49. The van der Waals surface area contributed by atoms with Crippen LogP contribution in [0.25, 0.3) is 0 Å².